The topological polar surface area (TPSA) is 9.23 Å². The molecule has 0 atom stereocenters. The molecule has 0 saturated carbocycles. The zero-order valence-electron chi connectivity index (χ0n) is 9.56. The quantitative estimate of drug-likeness (QED) is 0.717. The number of methoxy groups -OCH3 is 1. The van der Waals surface area contributed by atoms with Crippen LogP contribution in [0.25, 0.3) is 11.9 Å². The van der Waals surface area contributed by atoms with Crippen LogP contribution in [0.15, 0.2) is 54.6 Å². The fourth-order valence-electron chi connectivity index (χ4n) is 1.55. The van der Waals surface area contributed by atoms with Gasteiger partial charge in [-0.15, -0.1) is 0 Å². The lowest BCUT2D eigenvalue weighted by Gasteiger charge is -2.02. The monoisotopic (exact) mass is 228 g/mol. The van der Waals surface area contributed by atoms with E-state index in [1.165, 1.54) is 6.08 Å². The number of rotatable bonds is 3. The number of benzene rings is 2. The first-order valence-corrected chi connectivity index (χ1v) is 5.36. The lowest BCUT2D eigenvalue weighted by Crippen LogP contribution is -1.84. The van der Waals surface area contributed by atoms with Gasteiger partial charge in [0.1, 0.15) is 11.6 Å². The van der Waals surface area contributed by atoms with Crippen LogP contribution in [0.5, 0.6) is 5.75 Å². The molecule has 0 bridgehead atoms. The minimum Gasteiger partial charge on any atom is -0.497 e. The molecule has 0 fully saturated rings. The maximum absolute atomic E-state index is 13.9. The zero-order valence-corrected chi connectivity index (χ0v) is 9.56. The van der Waals surface area contributed by atoms with Crippen molar-refractivity contribution in [2.24, 2.45) is 0 Å². The molecule has 0 saturated heterocycles. The molecule has 1 nitrogen and oxygen atoms in total. The molecule has 0 aliphatic heterocycles. The Balaban J connectivity index is 2.30. The predicted octanol–water partition coefficient (Wildman–Crippen LogP) is 4.16. The van der Waals surface area contributed by atoms with Crippen LogP contribution in [0.3, 0.4) is 0 Å². The van der Waals surface area contributed by atoms with Crippen LogP contribution >= 0.6 is 0 Å². The van der Waals surface area contributed by atoms with E-state index in [2.05, 4.69) is 0 Å². The van der Waals surface area contributed by atoms with Gasteiger partial charge in [0.2, 0.25) is 0 Å². The second kappa shape index (κ2) is 5.30. The van der Waals surface area contributed by atoms with Crippen molar-refractivity contribution in [3.05, 3.63) is 65.7 Å². The van der Waals surface area contributed by atoms with E-state index < -0.39 is 0 Å². The lowest BCUT2D eigenvalue weighted by molar-refractivity contribution is 0.414. The first-order chi connectivity index (χ1) is 8.29. The Morgan fingerprint density at radius 2 is 1.82 bits per heavy atom. The summed E-state index contributed by atoms with van der Waals surface area (Å²) in [5.74, 6) is 0.384. The van der Waals surface area contributed by atoms with Crippen molar-refractivity contribution in [1.82, 2.24) is 0 Å². The van der Waals surface area contributed by atoms with Crippen molar-refractivity contribution in [2.75, 3.05) is 7.11 Å². The summed E-state index contributed by atoms with van der Waals surface area (Å²) >= 11 is 0. The Kier molecular flexibility index (Phi) is 3.55. The van der Waals surface area contributed by atoms with Crippen molar-refractivity contribution >= 4 is 11.9 Å². The molecule has 0 radical (unpaired) electrons. The molecule has 2 aromatic rings. The Hall–Kier alpha value is -2.09. The van der Waals surface area contributed by atoms with Gasteiger partial charge in [0, 0.05) is 5.56 Å². The van der Waals surface area contributed by atoms with Crippen LogP contribution in [0.4, 0.5) is 4.39 Å². The van der Waals surface area contributed by atoms with Gasteiger partial charge in [0.05, 0.1) is 7.11 Å². The molecule has 0 heterocycles. The molecule has 0 spiro atoms. The highest BCUT2D eigenvalue weighted by atomic mass is 19.1. The fraction of sp³-hybridized carbons (Fsp3) is 0.0667. The van der Waals surface area contributed by atoms with Crippen LogP contribution in [-0.2, 0) is 0 Å². The minimum absolute atomic E-state index is 0.268. The number of hydrogen-bond donors (Lipinski definition) is 0. The molecule has 0 N–H and O–H groups in total. The second-order valence-corrected chi connectivity index (χ2v) is 3.63. The molecular formula is C15H13FO. The van der Waals surface area contributed by atoms with Gasteiger partial charge in [-0.3, -0.25) is 0 Å². The molecule has 2 aromatic carbocycles. The van der Waals surface area contributed by atoms with Crippen molar-refractivity contribution in [3.63, 3.8) is 0 Å². The Morgan fingerprint density at radius 3 is 2.53 bits per heavy atom. The average molecular weight is 228 g/mol. The predicted molar refractivity (Wildman–Crippen MR) is 68.4 cm³/mol. The van der Waals surface area contributed by atoms with E-state index in [-0.39, 0.29) is 5.83 Å². The average Bonchev–Trinajstić information content (AvgIpc) is 2.40. The molecule has 0 aliphatic carbocycles. The first-order valence-electron chi connectivity index (χ1n) is 5.36. The van der Waals surface area contributed by atoms with E-state index in [0.29, 0.717) is 11.3 Å². The highest BCUT2D eigenvalue weighted by Gasteiger charge is 2.01. The first kappa shape index (κ1) is 11.4. The molecule has 0 amide bonds. The van der Waals surface area contributed by atoms with Crippen LogP contribution in [0.1, 0.15) is 11.1 Å². The highest BCUT2D eigenvalue weighted by molar-refractivity contribution is 5.77. The maximum atomic E-state index is 13.9. The molecule has 2 heteroatoms. The summed E-state index contributed by atoms with van der Waals surface area (Å²) in [6, 6.07) is 16.3. The van der Waals surface area contributed by atoms with Crippen molar-refractivity contribution in [1.29, 1.82) is 0 Å². The lowest BCUT2D eigenvalue weighted by atomic mass is 10.1. The summed E-state index contributed by atoms with van der Waals surface area (Å²) < 4.78 is 19.0. The molecular weight excluding hydrogens is 215 g/mol. The van der Waals surface area contributed by atoms with Crippen LogP contribution in [0, 0.1) is 0 Å². The molecule has 2 rings (SSSR count). The van der Waals surface area contributed by atoms with E-state index in [1.807, 2.05) is 30.3 Å². The summed E-state index contributed by atoms with van der Waals surface area (Å²) in [5, 5.41) is 0. The Morgan fingerprint density at radius 1 is 1.06 bits per heavy atom. The smallest absolute Gasteiger partial charge is 0.131 e. The van der Waals surface area contributed by atoms with Gasteiger partial charge in [-0.05, 0) is 23.8 Å². The van der Waals surface area contributed by atoms with Gasteiger partial charge in [-0.25, -0.2) is 4.39 Å². The van der Waals surface area contributed by atoms with E-state index in [0.717, 1.165) is 5.56 Å². The van der Waals surface area contributed by atoms with Gasteiger partial charge in [-0.2, -0.15) is 0 Å². The van der Waals surface area contributed by atoms with Gasteiger partial charge >= 0.3 is 0 Å². The minimum atomic E-state index is -0.268. The van der Waals surface area contributed by atoms with Crippen molar-refractivity contribution < 1.29 is 9.13 Å². The third-order valence-corrected chi connectivity index (χ3v) is 2.44. The second-order valence-electron chi connectivity index (χ2n) is 3.63. The van der Waals surface area contributed by atoms with Gasteiger partial charge in [-0.1, -0.05) is 42.5 Å². The van der Waals surface area contributed by atoms with Gasteiger partial charge < -0.3 is 4.74 Å². The van der Waals surface area contributed by atoms with Crippen molar-refractivity contribution in [2.45, 2.75) is 0 Å². The normalized spacial score (nSPS) is 11.3. The largest absolute Gasteiger partial charge is 0.497 e. The molecule has 0 aliphatic rings. The zero-order chi connectivity index (χ0) is 12.1. The van der Waals surface area contributed by atoms with Crippen LogP contribution in [-0.4, -0.2) is 7.11 Å². The summed E-state index contributed by atoms with van der Waals surface area (Å²) in [5.41, 5.74) is 1.36. The van der Waals surface area contributed by atoms with Gasteiger partial charge in [0.25, 0.3) is 0 Å². The molecule has 0 unspecified atom stereocenters. The molecule has 0 aromatic heterocycles. The third kappa shape index (κ3) is 2.94. The van der Waals surface area contributed by atoms with Crippen LogP contribution < -0.4 is 4.74 Å². The number of halogens is 1. The van der Waals surface area contributed by atoms with E-state index in [9.17, 15) is 4.39 Å². The van der Waals surface area contributed by atoms with E-state index in [1.54, 1.807) is 31.4 Å². The summed E-state index contributed by atoms with van der Waals surface area (Å²) in [4.78, 5) is 0. The Bertz CT molecular complexity index is 517. The standard InChI is InChI=1S/C15H13FO/c1-17-14-9-5-8-13(11-14)15(16)10-12-6-3-2-4-7-12/h2-11H,1H3/b15-10-. The molecule has 86 valence electrons. The summed E-state index contributed by atoms with van der Waals surface area (Å²) in [6.07, 6.45) is 1.51. The number of hydrogen-bond acceptors (Lipinski definition) is 1. The summed E-state index contributed by atoms with van der Waals surface area (Å²) in [7, 11) is 1.57. The van der Waals surface area contributed by atoms with Gasteiger partial charge in [0.15, 0.2) is 0 Å². The third-order valence-electron chi connectivity index (χ3n) is 2.44. The van der Waals surface area contributed by atoms with E-state index >= 15 is 0 Å². The van der Waals surface area contributed by atoms with Crippen LogP contribution in [0.2, 0.25) is 0 Å². The number of ether oxygens (including phenoxy) is 1. The fourth-order valence-corrected chi connectivity index (χ4v) is 1.55. The highest BCUT2D eigenvalue weighted by Crippen LogP contribution is 2.23. The summed E-state index contributed by atoms with van der Waals surface area (Å²) in [6.45, 7) is 0. The molecule has 17 heavy (non-hydrogen) atoms. The van der Waals surface area contributed by atoms with Crippen molar-refractivity contribution in [3.8, 4) is 5.75 Å². The van der Waals surface area contributed by atoms with E-state index in [4.69, 9.17) is 4.74 Å². The maximum Gasteiger partial charge on any atom is 0.131 e. The Labute approximate surface area is 100 Å². The SMILES string of the molecule is COc1cccc(/C(F)=C/c2ccccc2)c1.